The van der Waals surface area contributed by atoms with Crippen molar-refractivity contribution in [3.63, 3.8) is 0 Å². The lowest BCUT2D eigenvalue weighted by atomic mass is 10.3. The van der Waals surface area contributed by atoms with Gasteiger partial charge in [-0.25, -0.2) is 18.4 Å². The van der Waals surface area contributed by atoms with Crippen LogP contribution in [-0.4, -0.2) is 50.1 Å². The molecule has 6 N–H and O–H groups in total. The number of primary sulfonamides is 1. The van der Waals surface area contributed by atoms with Crippen LogP contribution in [-0.2, 0) is 10.0 Å². The third-order valence-electron chi connectivity index (χ3n) is 5.73. The number of pyridine rings is 2. The normalized spacial score (nSPS) is 10.9. The number of carbonyl (C=O) groups excluding carboxylic acids is 1. The van der Waals surface area contributed by atoms with E-state index in [9.17, 15) is 18.0 Å². The summed E-state index contributed by atoms with van der Waals surface area (Å²) in [6, 6.07) is 23.6. The number of sulfonamides is 1. The number of rotatable bonds is 7. The van der Waals surface area contributed by atoms with Crippen molar-refractivity contribution >= 4 is 62.2 Å². The highest BCUT2D eigenvalue weighted by Crippen LogP contribution is 2.28. The average molecular weight is 647 g/mol. The Bertz CT molecular complexity index is 2020. The molecule has 0 spiro atoms. The van der Waals surface area contributed by atoms with Gasteiger partial charge in [0, 0.05) is 18.1 Å². The van der Waals surface area contributed by atoms with E-state index < -0.39 is 21.9 Å². The second-order valence-corrected chi connectivity index (χ2v) is 12.5. The zero-order chi connectivity index (χ0) is 31.3. The number of nitrogens with zero attached hydrogens (tertiary/aromatic N) is 5. The van der Waals surface area contributed by atoms with Crippen LogP contribution in [0.25, 0.3) is 21.1 Å². The van der Waals surface area contributed by atoms with Crippen LogP contribution in [0.3, 0.4) is 0 Å². The number of aromatic nitrogens is 5. The van der Waals surface area contributed by atoms with Gasteiger partial charge < -0.3 is 16.2 Å². The largest absolute Gasteiger partial charge is 0.477 e. The summed E-state index contributed by atoms with van der Waals surface area (Å²) in [5, 5.41) is 20.8. The molecule has 0 saturated carbocycles. The summed E-state index contributed by atoms with van der Waals surface area (Å²) in [5.41, 5.74) is 7.93. The van der Waals surface area contributed by atoms with Gasteiger partial charge in [-0.05, 0) is 72.8 Å². The van der Waals surface area contributed by atoms with Crippen LogP contribution in [0.15, 0.2) is 102 Å². The predicted molar refractivity (Wildman–Crippen MR) is 167 cm³/mol. The molecule has 0 unspecified atom stereocenters. The number of carboxylic acid groups (broad SMARTS) is 1. The lowest BCUT2D eigenvalue weighted by Gasteiger charge is -2.03. The molecule has 0 bridgehead atoms. The molecule has 16 heteroatoms. The fourth-order valence-corrected chi connectivity index (χ4v) is 5.93. The summed E-state index contributed by atoms with van der Waals surface area (Å²) >= 11 is 2.50. The molecule has 0 fully saturated rings. The Balaban J connectivity index is 0.000000229. The fourth-order valence-electron chi connectivity index (χ4n) is 3.69. The zero-order valence-electron chi connectivity index (χ0n) is 22.4. The first kappa shape index (κ1) is 30.2. The molecule has 1 aromatic carbocycles. The van der Waals surface area contributed by atoms with E-state index in [-0.39, 0.29) is 16.8 Å². The summed E-state index contributed by atoms with van der Waals surface area (Å²) in [6.07, 6.45) is 3.37. The van der Waals surface area contributed by atoms with Crippen molar-refractivity contribution in [1.29, 1.82) is 0 Å². The molecule has 44 heavy (non-hydrogen) atoms. The Morgan fingerprint density at radius 2 is 1.36 bits per heavy atom. The highest BCUT2D eigenvalue weighted by molar-refractivity contribution is 7.89. The molecule has 0 saturated heterocycles. The minimum Gasteiger partial charge on any atom is -0.477 e. The van der Waals surface area contributed by atoms with Gasteiger partial charge in [-0.3, -0.25) is 14.8 Å². The van der Waals surface area contributed by atoms with Crippen LogP contribution in [0.4, 0.5) is 17.6 Å². The predicted octanol–water partition coefficient (Wildman–Crippen LogP) is 4.57. The van der Waals surface area contributed by atoms with E-state index in [0.29, 0.717) is 15.4 Å². The SMILES string of the molecule is Nc1nc(Nc2ccc(S(N)(=O)=O)cc2)nn1C(=O)c1ccc(-c2ccccn2)s1.O=C(O)c1ccc(-c2ccccn2)s1. The Hall–Kier alpha value is -5.29. The van der Waals surface area contributed by atoms with Crippen LogP contribution >= 0.6 is 22.7 Å². The molecular formula is C28H22N8O5S3. The maximum Gasteiger partial charge on any atom is 0.345 e. The lowest BCUT2D eigenvalue weighted by molar-refractivity contribution is 0.0701. The summed E-state index contributed by atoms with van der Waals surface area (Å²) < 4.78 is 23.6. The number of hydrogen-bond donors (Lipinski definition) is 4. The number of thiophene rings is 2. The van der Waals surface area contributed by atoms with Crippen molar-refractivity contribution in [2.45, 2.75) is 4.90 Å². The van der Waals surface area contributed by atoms with Gasteiger partial charge in [0.05, 0.1) is 30.9 Å². The summed E-state index contributed by atoms with van der Waals surface area (Å²) in [4.78, 5) is 38.3. The molecule has 5 heterocycles. The Kier molecular flexibility index (Phi) is 8.86. The van der Waals surface area contributed by atoms with Gasteiger partial charge in [0.1, 0.15) is 4.88 Å². The standard InChI is InChI=1S/C18H15N7O3S2.C10H7NO2S/c19-17-23-18(22-11-4-6-12(7-5-11)30(20,27)28)24-25(17)16(26)15-9-8-14(29-15)13-3-1-2-10-21-13;12-10(13)9-5-4-8(14-9)7-3-1-2-6-11-7/h1-10H,(H2,20,27,28)(H3,19,22,23,24);1-6H,(H,12,13). The Morgan fingerprint density at radius 3 is 1.86 bits per heavy atom. The molecule has 6 rings (SSSR count). The molecule has 222 valence electrons. The number of carboxylic acids is 1. The maximum absolute atomic E-state index is 12.8. The first-order valence-electron chi connectivity index (χ1n) is 12.5. The quantitative estimate of drug-likeness (QED) is 0.189. The number of carbonyl (C=O) groups is 2. The van der Waals surface area contributed by atoms with Crippen molar-refractivity contribution in [2.75, 3.05) is 11.1 Å². The second kappa shape index (κ2) is 12.9. The van der Waals surface area contributed by atoms with Crippen LogP contribution in [0, 0.1) is 0 Å². The first-order chi connectivity index (χ1) is 21.1. The van der Waals surface area contributed by atoms with Crippen molar-refractivity contribution in [3.05, 3.63) is 107 Å². The molecule has 13 nitrogen and oxygen atoms in total. The minimum absolute atomic E-state index is 0.0253. The minimum atomic E-state index is -3.79. The van der Waals surface area contributed by atoms with Gasteiger partial charge >= 0.3 is 5.97 Å². The van der Waals surface area contributed by atoms with Crippen LogP contribution in [0.2, 0.25) is 0 Å². The van der Waals surface area contributed by atoms with Crippen LogP contribution < -0.4 is 16.2 Å². The summed E-state index contributed by atoms with van der Waals surface area (Å²) in [7, 11) is -3.79. The van der Waals surface area contributed by atoms with Gasteiger partial charge in [0.2, 0.25) is 21.9 Å². The second-order valence-electron chi connectivity index (χ2n) is 8.77. The van der Waals surface area contributed by atoms with Crippen LogP contribution in [0.5, 0.6) is 0 Å². The topological polar surface area (TPSA) is 209 Å². The number of nitrogen functional groups attached to an aromatic ring is 1. The van der Waals surface area contributed by atoms with Gasteiger partial charge in [-0.2, -0.15) is 9.67 Å². The highest BCUT2D eigenvalue weighted by Gasteiger charge is 2.19. The van der Waals surface area contributed by atoms with Crippen LogP contribution in [0.1, 0.15) is 19.3 Å². The van der Waals surface area contributed by atoms with Crippen molar-refractivity contribution in [3.8, 4) is 21.1 Å². The number of benzene rings is 1. The van der Waals surface area contributed by atoms with Gasteiger partial charge in [0.25, 0.3) is 5.91 Å². The fraction of sp³-hybridized carbons (Fsp3) is 0. The van der Waals surface area contributed by atoms with E-state index in [4.69, 9.17) is 16.0 Å². The van der Waals surface area contributed by atoms with E-state index in [0.717, 1.165) is 25.8 Å². The molecular weight excluding hydrogens is 625 g/mol. The Labute approximate surface area is 258 Å². The monoisotopic (exact) mass is 646 g/mol. The molecule has 0 aliphatic heterocycles. The third kappa shape index (κ3) is 7.19. The molecule has 6 aromatic rings. The number of aromatic carboxylic acids is 1. The number of hydrogen-bond acceptors (Lipinski definition) is 12. The lowest BCUT2D eigenvalue weighted by Crippen LogP contribution is -2.15. The maximum atomic E-state index is 12.8. The molecule has 0 aliphatic carbocycles. The summed E-state index contributed by atoms with van der Waals surface area (Å²) in [5.74, 6) is -1.32. The van der Waals surface area contributed by atoms with Crippen molar-refractivity contribution in [1.82, 2.24) is 24.7 Å². The zero-order valence-corrected chi connectivity index (χ0v) is 24.9. The van der Waals surface area contributed by atoms with Gasteiger partial charge in [0.15, 0.2) is 0 Å². The van der Waals surface area contributed by atoms with E-state index in [1.54, 1.807) is 36.7 Å². The number of anilines is 3. The Morgan fingerprint density at radius 1 is 0.795 bits per heavy atom. The van der Waals surface area contributed by atoms with E-state index in [1.807, 2.05) is 36.4 Å². The van der Waals surface area contributed by atoms with E-state index >= 15 is 0 Å². The smallest absolute Gasteiger partial charge is 0.345 e. The highest BCUT2D eigenvalue weighted by atomic mass is 32.2. The third-order valence-corrected chi connectivity index (χ3v) is 8.85. The van der Waals surface area contributed by atoms with E-state index in [1.165, 1.54) is 46.9 Å². The van der Waals surface area contributed by atoms with Crippen molar-refractivity contribution < 1.29 is 23.1 Å². The van der Waals surface area contributed by atoms with Gasteiger partial charge in [-0.15, -0.1) is 27.8 Å². The molecule has 5 aromatic heterocycles. The average Bonchev–Trinajstić information content (AvgIpc) is 3.79. The molecule has 0 atom stereocenters. The molecule has 0 amide bonds. The van der Waals surface area contributed by atoms with Gasteiger partial charge in [-0.1, -0.05) is 12.1 Å². The number of nitrogens with one attached hydrogen (secondary N) is 1. The first-order valence-corrected chi connectivity index (χ1v) is 15.7. The van der Waals surface area contributed by atoms with Crippen molar-refractivity contribution in [2.24, 2.45) is 5.14 Å². The molecule has 0 aliphatic rings. The summed E-state index contributed by atoms with van der Waals surface area (Å²) in [6.45, 7) is 0. The molecule has 0 radical (unpaired) electrons. The van der Waals surface area contributed by atoms with E-state index in [2.05, 4.69) is 25.4 Å². The number of nitrogens with two attached hydrogens (primary N) is 2.